The Bertz CT molecular complexity index is 773. The lowest BCUT2D eigenvalue weighted by Crippen LogP contribution is -2.28. The van der Waals surface area contributed by atoms with Gasteiger partial charge in [-0.25, -0.2) is 0 Å². The first-order valence-electron chi connectivity index (χ1n) is 5.91. The van der Waals surface area contributed by atoms with E-state index in [4.69, 9.17) is 0 Å². The van der Waals surface area contributed by atoms with Crippen LogP contribution in [0.1, 0.15) is 20.8 Å². The molecule has 116 valence electrons. The SMILES string of the molecule is CC(C)(C)n1ccc2ccc(OS(=O)(=O)C(F)(F)F)nc21. The van der Waals surface area contributed by atoms with Crippen LogP contribution in [-0.4, -0.2) is 23.5 Å². The van der Waals surface area contributed by atoms with E-state index in [1.54, 1.807) is 16.8 Å². The zero-order valence-corrected chi connectivity index (χ0v) is 12.3. The molecular weight excluding hydrogens is 309 g/mol. The fourth-order valence-corrected chi connectivity index (χ4v) is 2.15. The Hall–Kier alpha value is -1.77. The van der Waals surface area contributed by atoms with Gasteiger partial charge < -0.3 is 8.75 Å². The van der Waals surface area contributed by atoms with Crippen LogP contribution in [0.25, 0.3) is 11.0 Å². The van der Waals surface area contributed by atoms with Crippen LogP contribution in [0, 0.1) is 0 Å². The third kappa shape index (κ3) is 2.97. The molecule has 0 aromatic carbocycles. The molecule has 0 saturated carbocycles. The van der Waals surface area contributed by atoms with Gasteiger partial charge in [-0.1, -0.05) is 0 Å². The molecule has 0 atom stereocenters. The van der Waals surface area contributed by atoms with Crippen molar-refractivity contribution in [2.24, 2.45) is 0 Å². The molecule has 21 heavy (non-hydrogen) atoms. The van der Waals surface area contributed by atoms with Crippen LogP contribution in [-0.2, 0) is 15.7 Å². The first-order chi connectivity index (χ1) is 9.42. The van der Waals surface area contributed by atoms with Crippen LogP contribution in [0.2, 0.25) is 0 Å². The maximum absolute atomic E-state index is 12.3. The molecule has 0 bridgehead atoms. The zero-order chi connectivity index (χ0) is 16.1. The maximum Gasteiger partial charge on any atom is 0.534 e. The monoisotopic (exact) mass is 322 g/mol. The van der Waals surface area contributed by atoms with Crippen molar-refractivity contribution in [2.45, 2.75) is 31.8 Å². The van der Waals surface area contributed by atoms with Crippen LogP contribution >= 0.6 is 0 Å². The van der Waals surface area contributed by atoms with Crippen LogP contribution in [0.3, 0.4) is 0 Å². The van der Waals surface area contributed by atoms with E-state index in [1.807, 2.05) is 20.8 Å². The van der Waals surface area contributed by atoms with E-state index in [0.29, 0.717) is 11.0 Å². The minimum atomic E-state index is -5.72. The van der Waals surface area contributed by atoms with Gasteiger partial charge in [-0.05, 0) is 32.9 Å². The fraction of sp³-hybridized carbons (Fsp3) is 0.417. The number of aromatic nitrogens is 2. The van der Waals surface area contributed by atoms with Crippen LogP contribution in [0.4, 0.5) is 13.2 Å². The molecule has 0 radical (unpaired) electrons. The molecule has 0 aliphatic heterocycles. The summed E-state index contributed by atoms with van der Waals surface area (Å²) in [5.74, 6) is -0.621. The Labute approximate surface area is 119 Å². The summed E-state index contributed by atoms with van der Waals surface area (Å²) in [7, 11) is -5.72. The molecule has 0 amide bonds. The van der Waals surface area contributed by atoms with Crippen molar-refractivity contribution in [3.05, 3.63) is 24.4 Å². The zero-order valence-electron chi connectivity index (χ0n) is 11.5. The lowest BCUT2D eigenvalue weighted by Gasteiger charge is -2.22. The van der Waals surface area contributed by atoms with Gasteiger partial charge in [-0.3, -0.25) is 0 Å². The molecule has 2 rings (SSSR count). The van der Waals surface area contributed by atoms with Crippen molar-refractivity contribution in [3.8, 4) is 5.88 Å². The summed E-state index contributed by atoms with van der Waals surface area (Å²) < 4.78 is 64.6. The second kappa shape index (κ2) is 4.62. The second-order valence-corrected chi connectivity index (χ2v) is 6.94. The summed E-state index contributed by atoms with van der Waals surface area (Å²) in [6, 6.07) is 4.26. The molecule has 0 aliphatic carbocycles. The van der Waals surface area contributed by atoms with Gasteiger partial charge in [0.05, 0.1) is 0 Å². The molecular formula is C12H13F3N2O3S. The van der Waals surface area contributed by atoms with E-state index in [2.05, 4.69) is 9.17 Å². The average molecular weight is 322 g/mol. The minimum Gasteiger partial charge on any atom is -0.355 e. The first-order valence-corrected chi connectivity index (χ1v) is 7.32. The largest absolute Gasteiger partial charge is 0.534 e. The Morgan fingerprint density at radius 3 is 2.29 bits per heavy atom. The summed E-state index contributed by atoms with van der Waals surface area (Å²) in [5.41, 5.74) is -5.51. The van der Waals surface area contributed by atoms with Crippen molar-refractivity contribution in [3.63, 3.8) is 0 Å². The standard InChI is InChI=1S/C12H13F3N2O3S/c1-11(2,3)17-7-6-8-4-5-9(16-10(8)17)20-21(18,19)12(13,14)15/h4-7H,1-3H3. The van der Waals surface area contributed by atoms with Crippen molar-refractivity contribution >= 4 is 21.2 Å². The molecule has 5 nitrogen and oxygen atoms in total. The molecule has 0 saturated heterocycles. The Balaban J connectivity index is 2.49. The van der Waals surface area contributed by atoms with E-state index in [1.165, 1.54) is 6.07 Å². The maximum atomic E-state index is 12.3. The molecule has 2 aromatic rings. The summed E-state index contributed by atoms with van der Waals surface area (Å²) in [5, 5.41) is 0.668. The number of halogens is 3. The smallest absolute Gasteiger partial charge is 0.355 e. The van der Waals surface area contributed by atoms with Gasteiger partial charge in [-0.2, -0.15) is 26.6 Å². The van der Waals surface area contributed by atoms with Gasteiger partial charge in [-0.15, -0.1) is 0 Å². The normalized spacial score (nSPS) is 13.6. The molecule has 2 aromatic heterocycles. The summed E-state index contributed by atoms with van der Waals surface area (Å²) >= 11 is 0. The Morgan fingerprint density at radius 2 is 1.76 bits per heavy atom. The van der Waals surface area contributed by atoms with Crippen LogP contribution in [0.5, 0.6) is 5.88 Å². The third-order valence-corrected chi connectivity index (χ3v) is 3.67. The molecule has 9 heteroatoms. The van der Waals surface area contributed by atoms with Crippen molar-refractivity contribution in [1.82, 2.24) is 9.55 Å². The van der Waals surface area contributed by atoms with Crippen LogP contribution in [0.15, 0.2) is 24.4 Å². The minimum absolute atomic E-state index is 0.345. The molecule has 0 spiro atoms. The Morgan fingerprint density at radius 1 is 1.14 bits per heavy atom. The third-order valence-electron chi connectivity index (χ3n) is 2.71. The average Bonchev–Trinajstić information content (AvgIpc) is 2.69. The predicted octanol–water partition coefficient (Wildman–Crippen LogP) is 3.02. The lowest BCUT2D eigenvalue weighted by molar-refractivity contribution is -0.0501. The second-order valence-electron chi connectivity index (χ2n) is 5.40. The fourth-order valence-electron chi connectivity index (χ4n) is 1.74. The van der Waals surface area contributed by atoms with E-state index >= 15 is 0 Å². The number of alkyl halides is 3. The highest BCUT2D eigenvalue weighted by molar-refractivity contribution is 7.87. The highest BCUT2D eigenvalue weighted by Gasteiger charge is 2.48. The molecule has 0 unspecified atom stereocenters. The Kier molecular flexibility index (Phi) is 3.43. The molecule has 0 aliphatic rings. The van der Waals surface area contributed by atoms with E-state index in [0.717, 1.165) is 6.07 Å². The number of fused-ring (bicyclic) bond motifs is 1. The van der Waals surface area contributed by atoms with Crippen molar-refractivity contribution in [2.75, 3.05) is 0 Å². The number of nitrogens with zero attached hydrogens (tertiary/aromatic N) is 2. The number of hydrogen-bond donors (Lipinski definition) is 0. The summed E-state index contributed by atoms with van der Waals surface area (Å²) in [4.78, 5) is 3.86. The topological polar surface area (TPSA) is 61.2 Å². The molecule has 0 N–H and O–H groups in total. The molecule has 2 heterocycles. The van der Waals surface area contributed by atoms with Gasteiger partial charge in [0.25, 0.3) is 0 Å². The van der Waals surface area contributed by atoms with Gasteiger partial charge in [0, 0.05) is 23.2 Å². The summed E-state index contributed by atoms with van der Waals surface area (Å²) in [6.07, 6.45) is 1.72. The quantitative estimate of drug-likeness (QED) is 0.630. The van der Waals surface area contributed by atoms with E-state index in [9.17, 15) is 21.6 Å². The highest BCUT2D eigenvalue weighted by Crippen LogP contribution is 2.28. The number of pyridine rings is 1. The molecule has 0 fully saturated rings. The van der Waals surface area contributed by atoms with Gasteiger partial charge in [0.15, 0.2) is 0 Å². The summed E-state index contributed by atoms with van der Waals surface area (Å²) in [6.45, 7) is 5.65. The number of hydrogen-bond acceptors (Lipinski definition) is 4. The van der Waals surface area contributed by atoms with Gasteiger partial charge >= 0.3 is 15.6 Å². The number of rotatable bonds is 2. The van der Waals surface area contributed by atoms with Crippen molar-refractivity contribution in [1.29, 1.82) is 0 Å². The van der Waals surface area contributed by atoms with Gasteiger partial charge in [0.2, 0.25) is 5.88 Å². The highest BCUT2D eigenvalue weighted by atomic mass is 32.2. The van der Waals surface area contributed by atoms with E-state index in [-0.39, 0.29) is 5.54 Å². The predicted molar refractivity (Wildman–Crippen MR) is 70.3 cm³/mol. The lowest BCUT2D eigenvalue weighted by atomic mass is 10.1. The van der Waals surface area contributed by atoms with E-state index < -0.39 is 21.5 Å². The van der Waals surface area contributed by atoms with Gasteiger partial charge in [0.1, 0.15) is 5.65 Å². The van der Waals surface area contributed by atoms with Crippen molar-refractivity contribution < 1.29 is 25.8 Å². The first kappa shape index (κ1) is 15.6. The van der Waals surface area contributed by atoms with Crippen LogP contribution < -0.4 is 4.18 Å².